The molecule has 2 aromatic rings. The zero-order valence-electron chi connectivity index (χ0n) is 12.9. The van der Waals surface area contributed by atoms with Crippen LogP contribution >= 0.6 is 24.0 Å². The average molecular weight is 411 g/mol. The Morgan fingerprint density at radius 3 is 2.59 bits per heavy atom. The van der Waals surface area contributed by atoms with E-state index in [0.717, 1.165) is 17.0 Å². The monoisotopic (exact) mass is 411 g/mol. The predicted molar refractivity (Wildman–Crippen MR) is 103 cm³/mol. The molecule has 0 radical (unpaired) electrons. The van der Waals surface area contributed by atoms with Gasteiger partial charge < -0.3 is 15.8 Å². The van der Waals surface area contributed by atoms with Crippen molar-refractivity contribution in [2.45, 2.75) is 20.4 Å². The Kier molecular flexibility index (Phi) is 7.73. The van der Waals surface area contributed by atoms with Gasteiger partial charge in [-0.15, -0.1) is 24.0 Å². The van der Waals surface area contributed by atoms with Gasteiger partial charge in [0, 0.05) is 5.69 Å². The fourth-order valence-corrected chi connectivity index (χ4v) is 1.90. The second-order valence-electron chi connectivity index (χ2n) is 4.77. The fourth-order valence-electron chi connectivity index (χ4n) is 1.90. The second kappa shape index (κ2) is 9.30. The SMILES string of the molecule is CCOc1cccc(CN=C(N)Nc2ccc(C)cc2)c1.I. The lowest BCUT2D eigenvalue weighted by atomic mass is 10.2. The van der Waals surface area contributed by atoms with Crippen LogP contribution in [0.1, 0.15) is 18.1 Å². The Morgan fingerprint density at radius 1 is 1.18 bits per heavy atom. The number of nitrogens with two attached hydrogens (primary N) is 1. The maximum Gasteiger partial charge on any atom is 0.193 e. The van der Waals surface area contributed by atoms with Gasteiger partial charge in [0.05, 0.1) is 13.2 Å². The Hall–Kier alpha value is -1.76. The molecule has 0 aliphatic heterocycles. The topological polar surface area (TPSA) is 59.6 Å². The third kappa shape index (κ3) is 5.93. The van der Waals surface area contributed by atoms with Crippen molar-refractivity contribution in [3.63, 3.8) is 0 Å². The van der Waals surface area contributed by atoms with E-state index < -0.39 is 0 Å². The summed E-state index contributed by atoms with van der Waals surface area (Å²) in [6.07, 6.45) is 0. The van der Waals surface area contributed by atoms with Crippen molar-refractivity contribution < 1.29 is 4.74 Å². The number of rotatable bonds is 5. The smallest absolute Gasteiger partial charge is 0.193 e. The predicted octanol–water partition coefficient (Wildman–Crippen LogP) is 3.94. The number of halogens is 1. The van der Waals surface area contributed by atoms with Crippen molar-refractivity contribution in [1.82, 2.24) is 0 Å². The molecule has 0 aliphatic rings. The molecule has 0 spiro atoms. The molecule has 2 aromatic carbocycles. The van der Waals surface area contributed by atoms with Gasteiger partial charge >= 0.3 is 0 Å². The lowest BCUT2D eigenvalue weighted by Gasteiger charge is -2.07. The number of hydrogen-bond acceptors (Lipinski definition) is 2. The Morgan fingerprint density at radius 2 is 1.91 bits per heavy atom. The number of ether oxygens (including phenoxy) is 1. The van der Waals surface area contributed by atoms with Crippen molar-refractivity contribution in [2.24, 2.45) is 10.7 Å². The molecule has 0 bridgehead atoms. The highest BCUT2D eigenvalue weighted by Crippen LogP contribution is 2.14. The van der Waals surface area contributed by atoms with E-state index in [1.165, 1.54) is 5.56 Å². The van der Waals surface area contributed by atoms with E-state index in [9.17, 15) is 0 Å². The maximum atomic E-state index is 5.90. The summed E-state index contributed by atoms with van der Waals surface area (Å²) in [6, 6.07) is 15.9. The van der Waals surface area contributed by atoms with Crippen LogP contribution in [0.4, 0.5) is 5.69 Å². The molecule has 5 heteroatoms. The number of anilines is 1. The molecule has 22 heavy (non-hydrogen) atoms. The lowest BCUT2D eigenvalue weighted by Crippen LogP contribution is -2.22. The summed E-state index contributed by atoms with van der Waals surface area (Å²) in [7, 11) is 0. The van der Waals surface area contributed by atoms with Crippen molar-refractivity contribution >= 4 is 35.6 Å². The van der Waals surface area contributed by atoms with Crippen molar-refractivity contribution in [2.75, 3.05) is 11.9 Å². The molecule has 0 unspecified atom stereocenters. The molecule has 0 heterocycles. The zero-order chi connectivity index (χ0) is 15.1. The molecule has 0 amide bonds. The number of nitrogens with zero attached hydrogens (tertiary/aromatic N) is 1. The molecule has 0 aliphatic carbocycles. The highest BCUT2D eigenvalue weighted by molar-refractivity contribution is 14.0. The third-order valence-electron chi connectivity index (χ3n) is 2.97. The minimum absolute atomic E-state index is 0. The summed E-state index contributed by atoms with van der Waals surface area (Å²) < 4.78 is 5.46. The molecule has 0 atom stereocenters. The van der Waals surface area contributed by atoms with Crippen LogP contribution in [-0.4, -0.2) is 12.6 Å². The molecule has 2 rings (SSSR count). The van der Waals surface area contributed by atoms with Gasteiger partial charge in [-0.1, -0.05) is 29.8 Å². The highest BCUT2D eigenvalue weighted by atomic mass is 127. The minimum Gasteiger partial charge on any atom is -0.494 e. The molecule has 0 saturated heterocycles. The van der Waals surface area contributed by atoms with E-state index in [2.05, 4.69) is 10.3 Å². The number of guanidine groups is 1. The quantitative estimate of drug-likeness (QED) is 0.445. The van der Waals surface area contributed by atoms with Gasteiger partial charge in [0.25, 0.3) is 0 Å². The summed E-state index contributed by atoms with van der Waals surface area (Å²) in [5.74, 6) is 1.26. The first-order valence-electron chi connectivity index (χ1n) is 7.02. The lowest BCUT2D eigenvalue weighted by molar-refractivity contribution is 0.340. The van der Waals surface area contributed by atoms with Crippen molar-refractivity contribution in [3.05, 3.63) is 59.7 Å². The molecular weight excluding hydrogens is 389 g/mol. The summed E-state index contributed by atoms with van der Waals surface area (Å²) in [5, 5.41) is 3.08. The minimum atomic E-state index is 0. The fraction of sp³-hybridized carbons (Fsp3) is 0.235. The molecule has 3 N–H and O–H groups in total. The van der Waals surface area contributed by atoms with Crippen LogP contribution in [0.5, 0.6) is 5.75 Å². The van der Waals surface area contributed by atoms with E-state index >= 15 is 0 Å². The number of nitrogens with one attached hydrogen (secondary N) is 1. The Labute approximate surface area is 148 Å². The van der Waals surface area contributed by atoms with Gasteiger partial charge in [-0.3, -0.25) is 0 Å². The molecule has 4 nitrogen and oxygen atoms in total. The zero-order valence-corrected chi connectivity index (χ0v) is 15.2. The molecule has 0 fully saturated rings. The number of aliphatic imine (C=N–C) groups is 1. The largest absolute Gasteiger partial charge is 0.494 e. The molecular formula is C17H22IN3O. The van der Waals surface area contributed by atoms with Gasteiger partial charge in [-0.2, -0.15) is 0 Å². The van der Waals surface area contributed by atoms with Crippen LogP contribution in [0.2, 0.25) is 0 Å². The van der Waals surface area contributed by atoms with E-state index in [4.69, 9.17) is 10.5 Å². The van der Waals surface area contributed by atoms with Gasteiger partial charge in [0.1, 0.15) is 5.75 Å². The average Bonchev–Trinajstić information content (AvgIpc) is 2.48. The van der Waals surface area contributed by atoms with Gasteiger partial charge in [-0.25, -0.2) is 4.99 Å². The summed E-state index contributed by atoms with van der Waals surface area (Å²) in [6.45, 7) is 5.19. The molecule has 0 aromatic heterocycles. The summed E-state index contributed by atoms with van der Waals surface area (Å²) >= 11 is 0. The van der Waals surface area contributed by atoms with Gasteiger partial charge in [0.15, 0.2) is 5.96 Å². The van der Waals surface area contributed by atoms with Crippen LogP contribution in [-0.2, 0) is 6.54 Å². The number of benzene rings is 2. The van der Waals surface area contributed by atoms with Crippen LogP contribution in [0.3, 0.4) is 0 Å². The van der Waals surface area contributed by atoms with Crippen molar-refractivity contribution in [3.8, 4) is 5.75 Å². The highest BCUT2D eigenvalue weighted by Gasteiger charge is 1.98. The normalized spacial score (nSPS) is 10.7. The summed E-state index contributed by atoms with van der Waals surface area (Å²) in [4.78, 5) is 4.34. The standard InChI is InChI=1S/C17H21N3O.HI/c1-3-21-16-6-4-5-14(11-16)12-19-17(18)20-15-9-7-13(2)8-10-15;/h4-11H,3,12H2,1-2H3,(H3,18,19,20);1H. The van der Waals surface area contributed by atoms with E-state index in [1.807, 2.05) is 62.4 Å². The first-order chi connectivity index (χ1) is 10.2. The summed E-state index contributed by atoms with van der Waals surface area (Å²) in [5.41, 5.74) is 9.11. The van der Waals surface area contributed by atoms with E-state index in [0.29, 0.717) is 19.1 Å². The van der Waals surface area contributed by atoms with Crippen LogP contribution in [0, 0.1) is 6.92 Å². The number of hydrogen-bond donors (Lipinski definition) is 2. The number of aryl methyl sites for hydroxylation is 1. The maximum absolute atomic E-state index is 5.90. The molecule has 0 saturated carbocycles. The first kappa shape index (κ1) is 18.3. The third-order valence-corrected chi connectivity index (χ3v) is 2.97. The molecule has 118 valence electrons. The van der Waals surface area contributed by atoms with Crippen LogP contribution in [0.15, 0.2) is 53.5 Å². The van der Waals surface area contributed by atoms with Gasteiger partial charge in [0.2, 0.25) is 0 Å². The van der Waals surface area contributed by atoms with Crippen LogP contribution < -0.4 is 15.8 Å². The van der Waals surface area contributed by atoms with E-state index in [-0.39, 0.29) is 24.0 Å². The van der Waals surface area contributed by atoms with Gasteiger partial charge in [-0.05, 0) is 43.7 Å². The van der Waals surface area contributed by atoms with Crippen LogP contribution in [0.25, 0.3) is 0 Å². The van der Waals surface area contributed by atoms with E-state index in [1.54, 1.807) is 0 Å². The first-order valence-corrected chi connectivity index (χ1v) is 7.02. The Balaban J connectivity index is 0.00000242. The van der Waals surface area contributed by atoms with Crippen molar-refractivity contribution in [1.29, 1.82) is 0 Å². The Bertz CT molecular complexity index is 612. The second-order valence-corrected chi connectivity index (χ2v) is 4.77.